The minimum atomic E-state index is -1.10. The lowest BCUT2D eigenvalue weighted by molar-refractivity contribution is -0.148. The van der Waals surface area contributed by atoms with Crippen molar-refractivity contribution in [1.29, 1.82) is 0 Å². The first kappa shape index (κ1) is 18.7. The SMILES string of the molecule is CC(C)(C(=O)O)C(c1ccccc1Nc1ccc2ccccc2c1)n1cncn1. The summed E-state index contributed by atoms with van der Waals surface area (Å²) in [5, 5.41) is 19.9. The number of fused-ring (bicyclic) bond motifs is 1. The van der Waals surface area contributed by atoms with Gasteiger partial charge in [0.15, 0.2) is 0 Å². The van der Waals surface area contributed by atoms with Crippen molar-refractivity contribution >= 4 is 28.1 Å². The van der Waals surface area contributed by atoms with Gasteiger partial charge < -0.3 is 10.4 Å². The van der Waals surface area contributed by atoms with Crippen LogP contribution in [0.25, 0.3) is 10.8 Å². The van der Waals surface area contributed by atoms with E-state index in [0.29, 0.717) is 0 Å². The van der Waals surface area contributed by atoms with E-state index in [1.54, 1.807) is 24.9 Å². The molecule has 1 unspecified atom stereocenters. The van der Waals surface area contributed by atoms with E-state index < -0.39 is 17.4 Å². The third-order valence-corrected chi connectivity index (χ3v) is 5.22. The Hall–Kier alpha value is -3.67. The minimum absolute atomic E-state index is 0.536. The summed E-state index contributed by atoms with van der Waals surface area (Å²) in [6, 6.07) is 21.5. The molecule has 1 aromatic heterocycles. The number of aromatic nitrogens is 3. The Bertz CT molecular complexity index is 1150. The first-order valence-electron chi connectivity index (χ1n) is 9.39. The quantitative estimate of drug-likeness (QED) is 0.494. The Labute approximate surface area is 168 Å². The van der Waals surface area contributed by atoms with Gasteiger partial charge in [-0.2, -0.15) is 5.10 Å². The highest BCUT2D eigenvalue weighted by Crippen LogP contribution is 2.40. The molecule has 0 fully saturated rings. The second-order valence-corrected chi connectivity index (χ2v) is 7.58. The van der Waals surface area contributed by atoms with Crippen molar-refractivity contribution in [3.05, 3.63) is 84.9 Å². The fourth-order valence-corrected chi connectivity index (χ4v) is 3.60. The Morgan fingerprint density at radius 2 is 1.76 bits per heavy atom. The molecule has 4 aromatic rings. The molecule has 0 radical (unpaired) electrons. The van der Waals surface area contributed by atoms with Crippen molar-refractivity contribution in [3.63, 3.8) is 0 Å². The van der Waals surface area contributed by atoms with Gasteiger partial charge in [0, 0.05) is 16.9 Å². The van der Waals surface area contributed by atoms with Crippen molar-refractivity contribution in [3.8, 4) is 0 Å². The second kappa shape index (κ2) is 7.39. The number of aliphatic carboxylic acids is 1. The van der Waals surface area contributed by atoms with Gasteiger partial charge in [-0.25, -0.2) is 9.67 Å². The standard InChI is InChI=1S/C23H22N4O2/c1-23(2,22(28)29)21(27-15-24-14-25-27)19-9-5-6-10-20(19)26-18-12-11-16-7-3-4-8-17(16)13-18/h3-15,21,26H,1-2H3,(H,28,29). The van der Waals surface area contributed by atoms with E-state index in [4.69, 9.17) is 0 Å². The van der Waals surface area contributed by atoms with Crippen molar-refractivity contribution in [2.45, 2.75) is 19.9 Å². The molecule has 0 aliphatic rings. The van der Waals surface area contributed by atoms with Crippen molar-refractivity contribution < 1.29 is 9.90 Å². The summed E-state index contributed by atoms with van der Waals surface area (Å²) >= 11 is 0. The van der Waals surface area contributed by atoms with Gasteiger partial charge in [-0.3, -0.25) is 4.79 Å². The van der Waals surface area contributed by atoms with Gasteiger partial charge in [0.25, 0.3) is 0 Å². The molecular weight excluding hydrogens is 364 g/mol. The van der Waals surface area contributed by atoms with Gasteiger partial charge >= 0.3 is 5.97 Å². The maximum absolute atomic E-state index is 12.1. The fourth-order valence-electron chi connectivity index (χ4n) is 3.60. The number of carboxylic acids is 1. The van der Waals surface area contributed by atoms with Crippen molar-refractivity contribution in [1.82, 2.24) is 14.8 Å². The summed E-state index contributed by atoms with van der Waals surface area (Å²) < 4.78 is 1.61. The number of carbonyl (C=O) groups is 1. The van der Waals surface area contributed by atoms with Gasteiger partial charge in [0.2, 0.25) is 0 Å². The maximum atomic E-state index is 12.1. The molecule has 0 aliphatic carbocycles. The molecule has 1 atom stereocenters. The lowest BCUT2D eigenvalue weighted by atomic mass is 9.80. The number of carboxylic acid groups (broad SMARTS) is 1. The summed E-state index contributed by atoms with van der Waals surface area (Å²) in [7, 11) is 0. The molecule has 6 heteroatoms. The van der Waals surface area contributed by atoms with Crippen LogP contribution in [-0.2, 0) is 4.79 Å². The Kier molecular flexibility index (Phi) is 4.76. The van der Waals surface area contributed by atoms with Crippen LogP contribution in [0.3, 0.4) is 0 Å². The number of nitrogens with zero attached hydrogens (tertiary/aromatic N) is 3. The molecule has 0 saturated heterocycles. The number of rotatable bonds is 6. The van der Waals surface area contributed by atoms with Crippen LogP contribution >= 0.6 is 0 Å². The molecule has 4 rings (SSSR count). The number of hydrogen-bond acceptors (Lipinski definition) is 4. The van der Waals surface area contributed by atoms with Gasteiger partial charge in [-0.15, -0.1) is 0 Å². The van der Waals surface area contributed by atoms with E-state index in [-0.39, 0.29) is 0 Å². The first-order valence-corrected chi connectivity index (χ1v) is 9.39. The zero-order chi connectivity index (χ0) is 20.4. The molecule has 146 valence electrons. The smallest absolute Gasteiger partial charge is 0.311 e. The molecule has 29 heavy (non-hydrogen) atoms. The third-order valence-electron chi connectivity index (χ3n) is 5.22. The minimum Gasteiger partial charge on any atom is -0.481 e. The average Bonchev–Trinajstić information content (AvgIpc) is 3.23. The highest BCUT2D eigenvalue weighted by molar-refractivity contribution is 5.86. The first-order chi connectivity index (χ1) is 14.0. The molecule has 2 N–H and O–H groups in total. The molecular formula is C23H22N4O2. The van der Waals surface area contributed by atoms with E-state index in [9.17, 15) is 9.90 Å². The van der Waals surface area contributed by atoms with Crippen LogP contribution in [0, 0.1) is 5.41 Å². The van der Waals surface area contributed by atoms with Crippen molar-refractivity contribution in [2.75, 3.05) is 5.32 Å². The van der Waals surface area contributed by atoms with Crippen LogP contribution in [0.1, 0.15) is 25.5 Å². The molecule has 0 saturated carbocycles. The lowest BCUT2D eigenvalue weighted by Crippen LogP contribution is -2.36. The van der Waals surface area contributed by atoms with Crippen molar-refractivity contribution in [2.24, 2.45) is 5.41 Å². The molecule has 0 aliphatic heterocycles. The highest BCUT2D eigenvalue weighted by Gasteiger charge is 2.41. The monoisotopic (exact) mass is 386 g/mol. The zero-order valence-electron chi connectivity index (χ0n) is 16.3. The highest BCUT2D eigenvalue weighted by atomic mass is 16.4. The summed E-state index contributed by atoms with van der Waals surface area (Å²) in [5.41, 5.74) is 1.49. The van der Waals surface area contributed by atoms with E-state index in [1.807, 2.05) is 42.5 Å². The Morgan fingerprint density at radius 3 is 2.48 bits per heavy atom. The summed E-state index contributed by atoms with van der Waals surface area (Å²) in [4.78, 5) is 16.1. The second-order valence-electron chi connectivity index (χ2n) is 7.58. The van der Waals surface area contributed by atoms with Gasteiger partial charge in [-0.05, 0) is 42.8 Å². The zero-order valence-corrected chi connectivity index (χ0v) is 16.3. The topological polar surface area (TPSA) is 80.0 Å². The molecule has 0 spiro atoms. The molecule has 3 aromatic carbocycles. The molecule has 0 amide bonds. The van der Waals surface area contributed by atoms with E-state index in [0.717, 1.165) is 22.3 Å². The molecule has 6 nitrogen and oxygen atoms in total. The summed E-state index contributed by atoms with van der Waals surface area (Å²) in [6.07, 6.45) is 2.98. The number of para-hydroxylation sites is 1. The predicted octanol–water partition coefficient (Wildman–Crippen LogP) is 4.88. The van der Waals surface area contributed by atoms with Gasteiger partial charge in [0.1, 0.15) is 12.7 Å². The van der Waals surface area contributed by atoms with Gasteiger partial charge in [-0.1, -0.05) is 48.5 Å². The normalized spacial score (nSPS) is 12.6. The number of nitrogens with one attached hydrogen (secondary N) is 1. The lowest BCUT2D eigenvalue weighted by Gasteiger charge is -2.32. The van der Waals surface area contributed by atoms with Gasteiger partial charge in [0.05, 0.1) is 11.5 Å². The van der Waals surface area contributed by atoms with Crippen LogP contribution in [0.15, 0.2) is 79.4 Å². The van der Waals surface area contributed by atoms with Crippen LogP contribution in [0.5, 0.6) is 0 Å². The molecule has 0 bridgehead atoms. The van der Waals surface area contributed by atoms with Crippen LogP contribution in [0.4, 0.5) is 11.4 Å². The van der Waals surface area contributed by atoms with E-state index in [1.165, 1.54) is 11.7 Å². The van der Waals surface area contributed by atoms with E-state index >= 15 is 0 Å². The largest absolute Gasteiger partial charge is 0.481 e. The third kappa shape index (κ3) is 3.57. The summed E-state index contributed by atoms with van der Waals surface area (Å²) in [6.45, 7) is 3.41. The average molecular weight is 386 g/mol. The van der Waals surface area contributed by atoms with Crippen LogP contribution in [0.2, 0.25) is 0 Å². The predicted molar refractivity (Wildman–Crippen MR) is 113 cm³/mol. The number of anilines is 2. The number of hydrogen-bond donors (Lipinski definition) is 2. The van der Waals surface area contributed by atoms with E-state index in [2.05, 4.69) is 39.7 Å². The Balaban J connectivity index is 1.79. The van der Waals surface area contributed by atoms with Crippen LogP contribution in [-0.4, -0.2) is 25.8 Å². The number of benzene rings is 3. The van der Waals surface area contributed by atoms with Crippen LogP contribution < -0.4 is 5.32 Å². The maximum Gasteiger partial charge on any atom is 0.311 e. The summed E-state index contributed by atoms with van der Waals surface area (Å²) in [5.74, 6) is -0.904. The molecule has 1 heterocycles. The fraction of sp³-hybridized carbons (Fsp3) is 0.174. The Morgan fingerprint density at radius 1 is 1.03 bits per heavy atom.